The monoisotopic (exact) mass is 295 g/mol. The summed E-state index contributed by atoms with van der Waals surface area (Å²) in [6.45, 7) is 2.02. The molecule has 3 rings (SSSR count). The summed E-state index contributed by atoms with van der Waals surface area (Å²) in [5.74, 6) is 0.911. The maximum atomic E-state index is 6.10. The van der Waals surface area contributed by atoms with Gasteiger partial charge in [0.2, 0.25) is 0 Å². The third kappa shape index (κ3) is 2.60. The van der Waals surface area contributed by atoms with Gasteiger partial charge in [-0.2, -0.15) is 0 Å². The second-order valence-electron chi connectivity index (χ2n) is 4.22. The van der Waals surface area contributed by atoms with Crippen molar-refractivity contribution in [3.05, 3.63) is 46.2 Å². The van der Waals surface area contributed by atoms with Gasteiger partial charge >= 0.3 is 0 Å². The van der Waals surface area contributed by atoms with Crippen LogP contribution in [-0.4, -0.2) is 23.3 Å². The van der Waals surface area contributed by atoms with Crippen molar-refractivity contribution in [3.63, 3.8) is 0 Å². The predicted octanol–water partition coefficient (Wildman–Crippen LogP) is 3.18. The normalized spacial score (nSPS) is 14.5. The molecule has 1 aliphatic heterocycles. The highest BCUT2D eigenvalue weighted by molar-refractivity contribution is 6.33. The van der Waals surface area contributed by atoms with Crippen LogP contribution in [0.5, 0.6) is 5.75 Å². The van der Waals surface area contributed by atoms with E-state index in [0.29, 0.717) is 23.5 Å². The third-order valence-electron chi connectivity index (χ3n) is 2.99. The molecule has 2 heterocycles. The molecule has 0 radical (unpaired) electrons. The van der Waals surface area contributed by atoms with E-state index in [-0.39, 0.29) is 0 Å². The van der Waals surface area contributed by atoms with E-state index in [2.05, 4.69) is 15.1 Å². The first-order valence-electron chi connectivity index (χ1n) is 5.88. The van der Waals surface area contributed by atoms with Crippen molar-refractivity contribution in [1.82, 2.24) is 10.2 Å². The average Bonchev–Trinajstić information content (AvgIpc) is 2.63. The topological polar surface area (TPSA) is 38.2 Å². The summed E-state index contributed by atoms with van der Waals surface area (Å²) in [7, 11) is 0. The summed E-state index contributed by atoms with van der Waals surface area (Å²) in [5.41, 5.74) is 1.89. The van der Waals surface area contributed by atoms with Crippen LogP contribution in [0.2, 0.25) is 10.3 Å². The fourth-order valence-electron chi connectivity index (χ4n) is 2.10. The van der Waals surface area contributed by atoms with E-state index in [4.69, 9.17) is 27.9 Å². The zero-order chi connectivity index (χ0) is 13.2. The van der Waals surface area contributed by atoms with Gasteiger partial charge < -0.3 is 9.64 Å². The Labute approximate surface area is 120 Å². The number of anilines is 1. The first-order chi connectivity index (χ1) is 9.24. The number of aromatic nitrogens is 2. The van der Waals surface area contributed by atoms with E-state index in [0.717, 1.165) is 23.5 Å². The van der Waals surface area contributed by atoms with Crippen LogP contribution in [-0.2, 0) is 6.54 Å². The minimum Gasteiger partial charge on any atom is -0.491 e. The minimum absolute atomic E-state index is 0.331. The number of para-hydroxylation sites is 1. The molecular formula is C13H11Cl2N3O. The Morgan fingerprint density at radius 3 is 2.89 bits per heavy atom. The molecular weight excluding hydrogens is 285 g/mol. The predicted molar refractivity (Wildman–Crippen MR) is 75.0 cm³/mol. The molecule has 2 aromatic rings. The summed E-state index contributed by atoms with van der Waals surface area (Å²) in [6, 6.07) is 9.69. The van der Waals surface area contributed by atoms with Crippen LogP contribution in [0.3, 0.4) is 0 Å². The van der Waals surface area contributed by atoms with Gasteiger partial charge in [0.25, 0.3) is 0 Å². The van der Waals surface area contributed by atoms with Crippen molar-refractivity contribution in [2.75, 3.05) is 18.1 Å². The van der Waals surface area contributed by atoms with Gasteiger partial charge in [0, 0.05) is 18.2 Å². The molecule has 19 heavy (non-hydrogen) atoms. The molecule has 1 aliphatic rings. The Morgan fingerprint density at radius 1 is 1.16 bits per heavy atom. The zero-order valence-corrected chi connectivity index (χ0v) is 11.5. The molecule has 0 spiro atoms. The summed E-state index contributed by atoms with van der Waals surface area (Å²) in [6.07, 6.45) is 0. The van der Waals surface area contributed by atoms with Crippen LogP contribution in [0.15, 0.2) is 30.3 Å². The number of hydrogen-bond donors (Lipinski definition) is 0. The van der Waals surface area contributed by atoms with Crippen molar-refractivity contribution < 1.29 is 4.74 Å². The van der Waals surface area contributed by atoms with Gasteiger partial charge in [-0.25, -0.2) is 0 Å². The molecule has 98 valence electrons. The van der Waals surface area contributed by atoms with Gasteiger partial charge in [-0.05, 0) is 6.07 Å². The Balaban J connectivity index is 1.96. The fourth-order valence-corrected chi connectivity index (χ4v) is 2.45. The molecule has 0 amide bonds. The van der Waals surface area contributed by atoms with Crippen LogP contribution >= 0.6 is 23.2 Å². The Morgan fingerprint density at radius 2 is 2.00 bits per heavy atom. The molecule has 0 unspecified atom stereocenters. The summed E-state index contributed by atoms with van der Waals surface area (Å²) < 4.78 is 5.72. The Bertz CT molecular complexity index is 606. The molecule has 1 aromatic carbocycles. The fraction of sp³-hybridized carbons (Fsp3) is 0.231. The van der Waals surface area contributed by atoms with E-state index in [1.807, 2.05) is 24.3 Å². The number of benzene rings is 1. The summed E-state index contributed by atoms with van der Waals surface area (Å²) in [5, 5.41) is 8.25. The van der Waals surface area contributed by atoms with Crippen LogP contribution in [0.25, 0.3) is 0 Å². The lowest BCUT2D eigenvalue weighted by Gasteiger charge is -2.22. The molecule has 0 fully saturated rings. The van der Waals surface area contributed by atoms with Gasteiger partial charge in [0.05, 0.1) is 12.2 Å². The van der Waals surface area contributed by atoms with Gasteiger partial charge in [0.1, 0.15) is 12.4 Å². The number of hydrogen-bond acceptors (Lipinski definition) is 4. The summed E-state index contributed by atoms with van der Waals surface area (Å²) in [4.78, 5) is 2.09. The molecule has 0 aliphatic carbocycles. The Hall–Kier alpha value is -1.52. The highest BCUT2D eigenvalue weighted by Gasteiger charge is 2.18. The van der Waals surface area contributed by atoms with Crippen molar-refractivity contribution >= 4 is 28.9 Å². The summed E-state index contributed by atoms with van der Waals surface area (Å²) >= 11 is 12.0. The second kappa shape index (κ2) is 5.23. The number of halogens is 2. The Kier molecular flexibility index (Phi) is 3.44. The molecule has 1 aromatic heterocycles. The standard InChI is InChI=1S/C13H11Cl2N3O/c14-12-7-10(13(15)17-16-12)18-5-6-19-11-4-2-1-3-9(11)8-18/h1-4,7H,5-6,8H2. The van der Waals surface area contributed by atoms with Gasteiger partial charge in [-0.1, -0.05) is 41.4 Å². The van der Waals surface area contributed by atoms with Crippen molar-refractivity contribution in [3.8, 4) is 5.75 Å². The van der Waals surface area contributed by atoms with E-state index in [1.165, 1.54) is 0 Å². The number of nitrogens with zero attached hydrogens (tertiary/aromatic N) is 3. The number of rotatable bonds is 1. The van der Waals surface area contributed by atoms with Gasteiger partial charge in [-0.3, -0.25) is 0 Å². The smallest absolute Gasteiger partial charge is 0.175 e. The maximum absolute atomic E-state index is 6.10. The lowest BCUT2D eigenvalue weighted by atomic mass is 10.2. The van der Waals surface area contributed by atoms with Gasteiger partial charge in [-0.15, -0.1) is 10.2 Å². The van der Waals surface area contributed by atoms with Crippen LogP contribution < -0.4 is 9.64 Å². The molecule has 0 saturated carbocycles. The quantitative estimate of drug-likeness (QED) is 0.810. The molecule has 0 bridgehead atoms. The van der Waals surface area contributed by atoms with Gasteiger partial charge in [0.15, 0.2) is 10.3 Å². The highest BCUT2D eigenvalue weighted by atomic mass is 35.5. The van der Waals surface area contributed by atoms with Crippen molar-refractivity contribution in [2.45, 2.75) is 6.54 Å². The zero-order valence-electron chi connectivity index (χ0n) is 10.0. The maximum Gasteiger partial charge on any atom is 0.175 e. The first kappa shape index (κ1) is 12.5. The molecule has 0 atom stereocenters. The SMILES string of the molecule is Clc1cc(N2CCOc3ccccc3C2)c(Cl)nn1. The van der Waals surface area contributed by atoms with Crippen molar-refractivity contribution in [1.29, 1.82) is 0 Å². The van der Waals surface area contributed by atoms with Crippen molar-refractivity contribution in [2.24, 2.45) is 0 Å². The van der Waals surface area contributed by atoms with E-state index >= 15 is 0 Å². The van der Waals surface area contributed by atoms with Crippen LogP contribution in [0.1, 0.15) is 5.56 Å². The van der Waals surface area contributed by atoms with E-state index in [9.17, 15) is 0 Å². The lowest BCUT2D eigenvalue weighted by molar-refractivity contribution is 0.331. The van der Waals surface area contributed by atoms with E-state index in [1.54, 1.807) is 6.07 Å². The van der Waals surface area contributed by atoms with E-state index < -0.39 is 0 Å². The van der Waals surface area contributed by atoms with Crippen LogP contribution in [0.4, 0.5) is 5.69 Å². The first-order valence-corrected chi connectivity index (χ1v) is 6.64. The molecule has 6 heteroatoms. The second-order valence-corrected chi connectivity index (χ2v) is 4.97. The average molecular weight is 296 g/mol. The number of fused-ring (bicyclic) bond motifs is 1. The lowest BCUT2D eigenvalue weighted by Crippen LogP contribution is -2.25. The molecule has 0 N–H and O–H groups in total. The largest absolute Gasteiger partial charge is 0.491 e. The minimum atomic E-state index is 0.331. The number of ether oxygens (including phenoxy) is 1. The molecule has 4 nitrogen and oxygen atoms in total. The third-order valence-corrected chi connectivity index (χ3v) is 3.45. The van der Waals surface area contributed by atoms with Crippen LogP contribution in [0, 0.1) is 0 Å². The highest BCUT2D eigenvalue weighted by Crippen LogP contribution is 2.30. The molecule has 0 saturated heterocycles.